The molecule has 6 aromatic carbocycles. The maximum atomic E-state index is 14.4. The van der Waals surface area contributed by atoms with Crippen molar-refractivity contribution >= 4 is 49.2 Å². The summed E-state index contributed by atoms with van der Waals surface area (Å²) >= 11 is 0. The average Bonchev–Trinajstić information content (AvgIpc) is 3.48. The molecule has 6 aromatic rings. The van der Waals surface area contributed by atoms with Crippen molar-refractivity contribution in [3.05, 3.63) is 156 Å². The molecule has 1 N–H and O–H groups in total. The van der Waals surface area contributed by atoms with Gasteiger partial charge < -0.3 is 9.47 Å². The Morgan fingerprint density at radius 1 is 0.667 bits per heavy atom. The van der Waals surface area contributed by atoms with Crippen LogP contribution in [0.1, 0.15) is 48.3 Å². The number of sulfonamides is 1. The first kappa shape index (κ1) is 36.8. The van der Waals surface area contributed by atoms with Crippen LogP contribution in [0.2, 0.25) is 0 Å². The van der Waals surface area contributed by atoms with Gasteiger partial charge in [-0.1, -0.05) is 109 Å². The summed E-state index contributed by atoms with van der Waals surface area (Å²) in [5.74, 6) is -0.879. The van der Waals surface area contributed by atoms with Gasteiger partial charge in [-0.15, -0.1) is 0 Å². The number of benzene rings is 6. The van der Waals surface area contributed by atoms with Gasteiger partial charge in [-0.2, -0.15) is 0 Å². The molecule has 7 rings (SSSR count). The van der Waals surface area contributed by atoms with E-state index in [1.54, 1.807) is 50.2 Å². The summed E-state index contributed by atoms with van der Waals surface area (Å²) in [6.45, 7) is 5.82. The summed E-state index contributed by atoms with van der Waals surface area (Å²) in [5.41, 5.74) is 3.65. The highest BCUT2D eigenvalue weighted by molar-refractivity contribution is 7.92. The molecule has 0 aliphatic carbocycles. The third kappa shape index (κ3) is 7.59. The zero-order valence-electron chi connectivity index (χ0n) is 30.5. The second-order valence-electron chi connectivity index (χ2n) is 13.5. The van der Waals surface area contributed by atoms with Crippen molar-refractivity contribution in [2.75, 3.05) is 24.5 Å². The maximum Gasteiger partial charge on any atom is 0.325 e. The minimum Gasteiger partial charge on any atom is -0.465 e. The van der Waals surface area contributed by atoms with Crippen molar-refractivity contribution in [3.8, 4) is 0 Å². The molecule has 0 radical (unpaired) electrons. The Kier molecular flexibility index (Phi) is 10.8. The third-order valence-corrected chi connectivity index (χ3v) is 11.3. The van der Waals surface area contributed by atoms with Gasteiger partial charge in [-0.05, 0) is 89.3 Å². The molecule has 0 spiro atoms. The van der Waals surface area contributed by atoms with E-state index in [0.717, 1.165) is 38.2 Å². The number of hydrogen-bond acceptors (Lipinski definition) is 8. The molecule has 1 aliphatic heterocycles. The molecule has 3 atom stereocenters. The number of rotatable bonds is 12. The molecule has 0 aromatic heterocycles. The lowest BCUT2D eigenvalue weighted by Gasteiger charge is -2.32. The topological polar surface area (TPSA) is 105 Å². The van der Waals surface area contributed by atoms with Gasteiger partial charge in [0.2, 0.25) is 0 Å². The second-order valence-corrected chi connectivity index (χ2v) is 15.1. The summed E-state index contributed by atoms with van der Waals surface area (Å²) in [6, 6.07) is 40.6. The van der Waals surface area contributed by atoms with Gasteiger partial charge in [0.05, 0.1) is 42.5 Å². The van der Waals surface area contributed by atoms with Crippen LogP contribution in [0.25, 0.3) is 21.5 Å². The molecule has 54 heavy (non-hydrogen) atoms. The number of carbonyl (C=O) groups excluding carboxylic acids is 2. The van der Waals surface area contributed by atoms with Crippen LogP contribution in [0.15, 0.2) is 138 Å². The van der Waals surface area contributed by atoms with Gasteiger partial charge in [-0.3, -0.25) is 24.1 Å². The Morgan fingerprint density at radius 3 is 1.89 bits per heavy atom. The van der Waals surface area contributed by atoms with E-state index in [1.165, 1.54) is 0 Å². The largest absolute Gasteiger partial charge is 0.465 e. The van der Waals surface area contributed by atoms with E-state index in [1.807, 2.05) is 102 Å². The van der Waals surface area contributed by atoms with E-state index in [4.69, 9.17) is 9.47 Å². The lowest BCUT2D eigenvalue weighted by Crippen LogP contribution is -2.41. The first-order valence-electron chi connectivity index (χ1n) is 18.2. The van der Waals surface area contributed by atoms with Crippen LogP contribution in [0.5, 0.6) is 0 Å². The van der Waals surface area contributed by atoms with Crippen molar-refractivity contribution in [3.63, 3.8) is 0 Å². The summed E-state index contributed by atoms with van der Waals surface area (Å²) < 4.78 is 41.6. The van der Waals surface area contributed by atoms with E-state index >= 15 is 0 Å². The fourth-order valence-corrected chi connectivity index (χ4v) is 8.57. The molecule has 0 amide bonds. The quantitative estimate of drug-likeness (QED) is 0.125. The van der Waals surface area contributed by atoms with Crippen molar-refractivity contribution in [2.24, 2.45) is 0 Å². The van der Waals surface area contributed by atoms with Gasteiger partial charge in [0.15, 0.2) is 0 Å². The summed E-state index contributed by atoms with van der Waals surface area (Å²) in [4.78, 5) is 32.2. The van der Waals surface area contributed by atoms with Crippen molar-refractivity contribution in [1.82, 2.24) is 9.80 Å². The normalized spacial score (nSPS) is 17.8. The zero-order valence-corrected chi connectivity index (χ0v) is 31.3. The Morgan fingerprint density at radius 2 is 1.24 bits per heavy atom. The van der Waals surface area contributed by atoms with E-state index in [2.05, 4.69) is 16.9 Å². The summed E-state index contributed by atoms with van der Waals surface area (Å²) in [5, 5.41) is 4.08. The number of ether oxygens (including phenoxy) is 2. The first-order valence-corrected chi connectivity index (χ1v) is 19.6. The predicted molar refractivity (Wildman–Crippen MR) is 211 cm³/mol. The second kappa shape index (κ2) is 15.8. The number of para-hydroxylation sites is 1. The van der Waals surface area contributed by atoms with Crippen LogP contribution in [-0.2, 0) is 35.6 Å². The highest BCUT2D eigenvalue weighted by Crippen LogP contribution is 2.48. The standard InChI is InChI=1S/C44H43N3O6S/c1-4-52-40(48)29-47-41(35-22-20-31-12-6-8-14-33(31)26-35)42(44(49)53-5-2)46(43(47)36-23-21-32-13-7-9-15-34(32)27-36)28-37-16-10-11-17-39(37)45-54(50,51)38-24-18-30(3)19-25-38/h6-27,41-43,45H,4-5,28-29H2,1-3H3/t41-,42-,43+/m0/s1. The Balaban J connectivity index is 1.41. The highest BCUT2D eigenvalue weighted by Gasteiger charge is 2.53. The molecule has 1 saturated heterocycles. The van der Waals surface area contributed by atoms with Gasteiger partial charge in [0.25, 0.3) is 10.0 Å². The predicted octanol–water partition coefficient (Wildman–Crippen LogP) is 8.15. The Bertz CT molecular complexity index is 2420. The van der Waals surface area contributed by atoms with Gasteiger partial charge in [0.1, 0.15) is 6.04 Å². The van der Waals surface area contributed by atoms with Crippen molar-refractivity contribution < 1.29 is 27.5 Å². The average molecular weight is 742 g/mol. The number of aryl methyl sites for hydroxylation is 1. The summed E-state index contributed by atoms with van der Waals surface area (Å²) in [6.07, 6.45) is -0.633. The minimum absolute atomic E-state index is 0.114. The molecule has 276 valence electrons. The number of hydrogen-bond donors (Lipinski definition) is 1. The smallest absolute Gasteiger partial charge is 0.325 e. The lowest BCUT2D eigenvalue weighted by atomic mass is 9.95. The van der Waals surface area contributed by atoms with Crippen LogP contribution < -0.4 is 4.72 Å². The molecule has 1 heterocycles. The highest BCUT2D eigenvalue weighted by atomic mass is 32.2. The van der Waals surface area contributed by atoms with Crippen LogP contribution in [0, 0.1) is 6.92 Å². The number of nitrogens with one attached hydrogen (secondary N) is 1. The molecule has 0 saturated carbocycles. The Hall–Kier alpha value is -5.55. The number of fused-ring (bicyclic) bond motifs is 2. The van der Waals surface area contributed by atoms with Gasteiger partial charge in [0, 0.05) is 6.54 Å². The van der Waals surface area contributed by atoms with Gasteiger partial charge >= 0.3 is 11.9 Å². The summed E-state index contributed by atoms with van der Waals surface area (Å²) in [7, 11) is -3.95. The maximum absolute atomic E-state index is 14.4. The molecular formula is C44H43N3O6S. The molecular weight excluding hydrogens is 699 g/mol. The molecule has 0 bridgehead atoms. The van der Waals surface area contributed by atoms with E-state index in [0.29, 0.717) is 11.3 Å². The number of nitrogens with zero attached hydrogens (tertiary/aromatic N) is 2. The molecule has 9 nitrogen and oxygen atoms in total. The fourth-order valence-electron chi connectivity index (χ4n) is 7.47. The van der Waals surface area contributed by atoms with Crippen molar-refractivity contribution in [1.29, 1.82) is 0 Å². The van der Waals surface area contributed by atoms with Crippen LogP contribution in [0.4, 0.5) is 5.69 Å². The fraction of sp³-hybridized carbons (Fsp3) is 0.227. The third-order valence-electron chi connectivity index (χ3n) is 9.92. The monoisotopic (exact) mass is 741 g/mol. The van der Waals surface area contributed by atoms with Gasteiger partial charge in [-0.25, -0.2) is 8.42 Å². The molecule has 1 aliphatic rings. The minimum atomic E-state index is -3.95. The number of esters is 2. The number of carbonyl (C=O) groups is 2. The lowest BCUT2D eigenvalue weighted by molar-refractivity contribution is -0.150. The SMILES string of the molecule is CCOC(=O)CN1[C@H](c2ccc3ccccc3c2)N(Cc2ccccc2NS(=O)(=O)c2ccc(C)cc2)[C@H](C(=O)OCC)[C@@H]1c1ccc2ccccc2c1. The number of anilines is 1. The van der Waals surface area contributed by atoms with E-state index in [9.17, 15) is 18.0 Å². The van der Waals surface area contributed by atoms with E-state index in [-0.39, 0.29) is 31.2 Å². The van der Waals surface area contributed by atoms with Crippen LogP contribution >= 0.6 is 0 Å². The zero-order chi connectivity index (χ0) is 37.8. The molecule has 0 unspecified atom stereocenters. The van der Waals surface area contributed by atoms with Crippen LogP contribution in [0.3, 0.4) is 0 Å². The molecule has 1 fully saturated rings. The van der Waals surface area contributed by atoms with Crippen LogP contribution in [-0.4, -0.2) is 56.0 Å². The van der Waals surface area contributed by atoms with Crippen molar-refractivity contribution in [2.45, 2.75) is 50.5 Å². The molecule has 10 heteroatoms. The Labute approximate surface area is 316 Å². The van der Waals surface area contributed by atoms with E-state index < -0.39 is 40.2 Å². The first-order chi connectivity index (χ1) is 26.2.